The molecular weight excluding hydrogens is 228 g/mol. The Labute approximate surface area is 105 Å². The van der Waals surface area contributed by atoms with Crippen molar-refractivity contribution in [1.82, 2.24) is 0 Å². The first-order valence-electron chi connectivity index (χ1n) is 5.92. The summed E-state index contributed by atoms with van der Waals surface area (Å²) in [4.78, 5) is 11.0. The van der Waals surface area contributed by atoms with E-state index in [2.05, 4.69) is 40.4 Å². The third-order valence-electron chi connectivity index (χ3n) is 2.42. The van der Waals surface area contributed by atoms with Crippen molar-refractivity contribution in [2.24, 2.45) is 0 Å². The second-order valence-corrected chi connectivity index (χ2v) is 10.8. The van der Waals surface area contributed by atoms with Crippen LogP contribution in [-0.4, -0.2) is 14.6 Å². The van der Waals surface area contributed by atoms with E-state index in [4.69, 9.17) is 4.43 Å². The highest BCUT2D eigenvalue weighted by molar-refractivity contribution is 6.70. The second kappa shape index (κ2) is 4.65. The van der Waals surface area contributed by atoms with E-state index < -0.39 is 8.32 Å². The molecule has 0 aliphatic rings. The van der Waals surface area contributed by atoms with E-state index in [1.165, 1.54) is 5.56 Å². The first-order valence-corrected chi connectivity index (χ1v) is 9.33. The minimum atomic E-state index is -1.69. The van der Waals surface area contributed by atoms with Crippen LogP contribution in [0.4, 0.5) is 0 Å². The monoisotopic (exact) mass is 250 g/mol. The molecule has 17 heavy (non-hydrogen) atoms. The molecule has 94 valence electrons. The standard InChI is InChI=1S/C14H22O2Si/c1-14(2,3)12-8-7-11(10-15)13(9-12)16-17(4,5)6/h7-10H,1-6H3. The van der Waals surface area contributed by atoms with Crippen molar-refractivity contribution in [3.05, 3.63) is 29.3 Å². The second-order valence-electron chi connectivity index (χ2n) is 6.33. The van der Waals surface area contributed by atoms with Crippen LogP contribution in [0, 0.1) is 0 Å². The zero-order valence-electron chi connectivity index (χ0n) is 11.6. The quantitative estimate of drug-likeness (QED) is 0.598. The minimum absolute atomic E-state index is 0.0684. The Balaban J connectivity index is 3.20. The van der Waals surface area contributed by atoms with Gasteiger partial charge in [-0.2, -0.15) is 0 Å². The molecule has 1 aromatic rings. The third-order valence-corrected chi connectivity index (χ3v) is 3.25. The summed E-state index contributed by atoms with van der Waals surface area (Å²) >= 11 is 0. The van der Waals surface area contributed by atoms with Crippen molar-refractivity contribution in [2.75, 3.05) is 0 Å². The molecule has 0 saturated carbocycles. The summed E-state index contributed by atoms with van der Waals surface area (Å²) in [7, 11) is -1.69. The smallest absolute Gasteiger partial charge is 0.242 e. The zero-order chi connectivity index (χ0) is 13.3. The van der Waals surface area contributed by atoms with Gasteiger partial charge in [-0.1, -0.05) is 26.8 Å². The number of hydrogen-bond acceptors (Lipinski definition) is 2. The number of hydrogen-bond donors (Lipinski definition) is 0. The predicted octanol–water partition coefficient (Wildman–Crippen LogP) is 4.01. The molecule has 0 bridgehead atoms. The molecule has 0 N–H and O–H groups in total. The Kier molecular flexibility index (Phi) is 3.82. The van der Waals surface area contributed by atoms with Gasteiger partial charge in [-0.25, -0.2) is 0 Å². The van der Waals surface area contributed by atoms with Crippen LogP contribution in [0.1, 0.15) is 36.7 Å². The molecule has 3 heteroatoms. The van der Waals surface area contributed by atoms with Crippen molar-refractivity contribution in [1.29, 1.82) is 0 Å². The van der Waals surface area contributed by atoms with E-state index >= 15 is 0 Å². The summed E-state index contributed by atoms with van der Waals surface area (Å²) in [5, 5.41) is 0. The summed E-state index contributed by atoms with van der Waals surface area (Å²) < 4.78 is 5.97. The van der Waals surface area contributed by atoms with Crippen LogP contribution < -0.4 is 4.43 Å². The van der Waals surface area contributed by atoms with Gasteiger partial charge in [0.2, 0.25) is 8.32 Å². The van der Waals surface area contributed by atoms with Gasteiger partial charge in [0, 0.05) is 0 Å². The molecule has 1 rings (SSSR count). The molecule has 0 aromatic heterocycles. The van der Waals surface area contributed by atoms with E-state index in [9.17, 15) is 4.79 Å². The molecule has 1 aromatic carbocycles. The van der Waals surface area contributed by atoms with E-state index in [1.54, 1.807) is 0 Å². The molecule has 0 heterocycles. The minimum Gasteiger partial charge on any atom is -0.544 e. The highest BCUT2D eigenvalue weighted by Crippen LogP contribution is 2.29. The van der Waals surface area contributed by atoms with Gasteiger partial charge in [0.15, 0.2) is 6.29 Å². The first-order chi connectivity index (χ1) is 7.63. The maximum absolute atomic E-state index is 11.0. The number of benzene rings is 1. The van der Waals surface area contributed by atoms with Gasteiger partial charge < -0.3 is 4.43 Å². The van der Waals surface area contributed by atoms with Crippen LogP contribution in [0.5, 0.6) is 5.75 Å². The fraction of sp³-hybridized carbons (Fsp3) is 0.500. The van der Waals surface area contributed by atoms with E-state index in [0.717, 1.165) is 12.0 Å². The summed E-state index contributed by atoms with van der Waals surface area (Å²) in [6.45, 7) is 12.8. The molecule has 0 amide bonds. The van der Waals surface area contributed by atoms with Crippen LogP contribution in [0.25, 0.3) is 0 Å². The lowest BCUT2D eigenvalue weighted by atomic mass is 9.86. The van der Waals surface area contributed by atoms with Crippen LogP contribution in [0.15, 0.2) is 18.2 Å². The van der Waals surface area contributed by atoms with Crippen molar-refractivity contribution in [3.63, 3.8) is 0 Å². The Hall–Kier alpha value is -1.09. The van der Waals surface area contributed by atoms with Gasteiger partial charge in [0.05, 0.1) is 5.56 Å². The SMILES string of the molecule is CC(C)(C)c1ccc(C=O)c(O[Si](C)(C)C)c1. The van der Waals surface area contributed by atoms with Gasteiger partial charge in [0.25, 0.3) is 0 Å². The molecular formula is C14H22O2Si. The van der Waals surface area contributed by atoms with Gasteiger partial charge >= 0.3 is 0 Å². The molecule has 0 saturated heterocycles. The fourth-order valence-corrected chi connectivity index (χ4v) is 2.35. The number of rotatable bonds is 3. The van der Waals surface area contributed by atoms with Crippen molar-refractivity contribution < 1.29 is 9.22 Å². The highest BCUT2D eigenvalue weighted by Gasteiger charge is 2.21. The Morgan fingerprint density at radius 2 is 1.76 bits per heavy atom. The van der Waals surface area contributed by atoms with Crippen LogP contribution >= 0.6 is 0 Å². The average molecular weight is 250 g/mol. The van der Waals surface area contributed by atoms with Crippen LogP contribution in [0.2, 0.25) is 19.6 Å². The Morgan fingerprint density at radius 1 is 1.18 bits per heavy atom. The van der Waals surface area contributed by atoms with E-state index in [0.29, 0.717) is 5.56 Å². The molecule has 0 atom stereocenters. The summed E-state index contributed by atoms with van der Waals surface area (Å²) in [5.41, 5.74) is 1.90. The molecule has 0 unspecified atom stereocenters. The molecule has 0 aliphatic heterocycles. The lowest BCUT2D eigenvalue weighted by Crippen LogP contribution is -2.30. The lowest BCUT2D eigenvalue weighted by molar-refractivity contribution is 0.112. The van der Waals surface area contributed by atoms with Crippen molar-refractivity contribution in [2.45, 2.75) is 45.8 Å². The van der Waals surface area contributed by atoms with Crippen molar-refractivity contribution in [3.8, 4) is 5.75 Å². The molecule has 0 fully saturated rings. The molecule has 0 radical (unpaired) electrons. The van der Waals surface area contributed by atoms with E-state index in [1.807, 2.05) is 18.2 Å². The lowest BCUT2D eigenvalue weighted by Gasteiger charge is -2.24. The maximum Gasteiger partial charge on any atom is 0.242 e. The number of aldehydes is 1. The normalized spacial score (nSPS) is 12.4. The molecule has 0 aliphatic carbocycles. The summed E-state index contributed by atoms with van der Waals surface area (Å²) in [6.07, 6.45) is 0.863. The van der Waals surface area contributed by atoms with Gasteiger partial charge in [-0.3, -0.25) is 4.79 Å². The number of carbonyl (C=O) groups is 1. The molecule has 2 nitrogen and oxygen atoms in total. The summed E-state index contributed by atoms with van der Waals surface area (Å²) in [5.74, 6) is 0.728. The van der Waals surface area contributed by atoms with Crippen LogP contribution in [0.3, 0.4) is 0 Å². The van der Waals surface area contributed by atoms with E-state index in [-0.39, 0.29) is 5.41 Å². The molecule has 0 spiro atoms. The zero-order valence-corrected chi connectivity index (χ0v) is 12.6. The van der Waals surface area contributed by atoms with Gasteiger partial charge in [-0.05, 0) is 42.8 Å². The van der Waals surface area contributed by atoms with Crippen LogP contribution in [-0.2, 0) is 5.41 Å². The van der Waals surface area contributed by atoms with Gasteiger partial charge in [-0.15, -0.1) is 0 Å². The maximum atomic E-state index is 11.0. The van der Waals surface area contributed by atoms with Gasteiger partial charge in [0.1, 0.15) is 5.75 Å². The first kappa shape index (κ1) is 14.0. The highest BCUT2D eigenvalue weighted by atomic mass is 28.4. The fourth-order valence-electron chi connectivity index (χ4n) is 1.52. The summed E-state index contributed by atoms with van der Waals surface area (Å²) in [6, 6.07) is 5.85. The Bertz CT molecular complexity index is 411. The largest absolute Gasteiger partial charge is 0.544 e. The average Bonchev–Trinajstić information content (AvgIpc) is 2.13. The number of carbonyl (C=O) groups excluding carboxylic acids is 1. The Morgan fingerprint density at radius 3 is 2.18 bits per heavy atom. The van der Waals surface area contributed by atoms with Crippen molar-refractivity contribution >= 4 is 14.6 Å². The third kappa shape index (κ3) is 4.00. The predicted molar refractivity (Wildman–Crippen MR) is 74.5 cm³/mol. The topological polar surface area (TPSA) is 26.3 Å².